The fourth-order valence-electron chi connectivity index (χ4n) is 3.76. The van der Waals surface area contributed by atoms with Crippen LogP contribution in [0.15, 0.2) is 66.1 Å². The van der Waals surface area contributed by atoms with E-state index in [1.165, 1.54) is 18.5 Å². The third-order valence-corrected chi connectivity index (χ3v) is 6.86. The number of carbonyl (C=O) groups is 1. The van der Waals surface area contributed by atoms with Gasteiger partial charge in [0.25, 0.3) is 5.91 Å². The Bertz CT molecular complexity index is 1140. The van der Waals surface area contributed by atoms with Crippen LogP contribution in [0.1, 0.15) is 47.2 Å². The van der Waals surface area contributed by atoms with Gasteiger partial charge in [0.1, 0.15) is 12.7 Å². The number of amides is 1. The summed E-state index contributed by atoms with van der Waals surface area (Å²) in [5.41, 5.74) is 2.30. The maximum atomic E-state index is 12.7. The second-order valence-electron chi connectivity index (χ2n) is 7.73. The lowest BCUT2D eigenvalue weighted by atomic mass is 10.1. The van der Waals surface area contributed by atoms with E-state index in [1.807, 2.05) is 24.3 Å². The standard InChI is InChI=1S/C22H25N5O3S/c28-22(24-13-17-5-3-6-18(11-17)14-27-16-23-15-25-27)19-7-4-10-21(12-19)31(29,30)26-20-8-1-2-9-20/h3-7,10-12,15-16,20,26H,1-2,8-9,13-14H2,(H,24,28). The quantitative estimate of drug-likeness (QED) is 0.561. The summed E-state index contributed by atoms with van der Waals surface area (Å²) in [5, 5.41) is 6.96. The van der Waals surface area contributed by atoms with Crippen LogP contribution < -0.4 is 10.0 Å². The van der Waals surface area contributed by atoms with Crippen LogP contribution in [-0.4, -0.2) is 35.1 Å². The molecule has 0 spiro atoms. The average Bonchev–Trinajstić information content (AvgIpc) is 3.46. The van der Waals surface area contributed by atoms with Crippen molar-refractivity contribution in [2.45, 2.75) is 49.7 Å². The van der Waals surface area contributed by atoms with Crippen LogP contribution in [-0.2, 0) is 23.1 Å². The van der Waals surface area contributed by atoms with Crippen molar-refractivity contribution in [3.63, 3.8) is 0 Å². The molecule has 0 aliphatic heterocycles. The Morgan fingerprint density at radius 1 is 1.06 bits per heavy atom. The fraction of sp³-hybridized carbons (Fsp3) is 0.318. The van der Waals surface area contributed by atoms with Crippen molar-refractivity contribution in [1.82, 2.24) is 24.8 Å². The molecule has 2 aromatic carbocycles. The summed E-state index contributed by atoms with van der Waals surface area (Å²) in [6.45, 7) is 0.928. The number of nitrogens with one attached hydrogen (secondary N) is 2. The first-order valence-corrected chi connectivity index (χ1v) is 11.8. The van der Waals surface area contributed by atoms with Crippen LogP contribution in [0.4, 0.5) is 0 Å². The Balaban J connectivity index is 1.39. The molecule has 9 heteroatoms. The molecular weight excluding hydrogens is 414 g/mol. The van der Waals surface area contributed by atoms with Crippen molar-refractivity contribution in [2.75, 3.05) is 0 Å². The highest BCUT2D eigenvalue weighted by atomic mass is 32.2. The SMILES string of the molecule is O=C(NCc1cccc(Cn2cncn2)c1)c1cccc(S(=O)(=O)NC2CCCC2)c1. The molecule has 162 valence electrons. The van der Waals surface area contributed by atoms with Crippen molar-refractivity contribution >= 4 is 15.9 Å². The zero-order chi connectivity index (χ0) is 21.7. The van der Waals surface area contributed by atoms with Gasteiger partial charge in [-0.25, -0.2) is 22.8 Å². The lowest BCUT2D eigenvalue weighted by Crippen LogP contribution is -2.32. The molecule has 31 heavy (non-hydrogen) atoms. The summed E-state index contributed by atoms with van der Waals surface area (Å²) in [7, 11) is -3.64. The van der Waals surface area contributed by atoms with E-state index in [4.69, 9.17) is 0 Å². The first-order valence-electron chi connectivity index (χ1n) is 10.3. The first-order chi connectivity index (χ1) is 15.0. The number of aromatic nitrogens is 3. The largest absolute Gasteiger partial charge is 0.348 e. The van der Waals surface area contributed by atoms with Gasteiger partial charge < -0.3 is 5.32 Å². The van der Waals surface area contributed by atoms with Crippen molar-refractivity contribution in [3.8, 4) is 0 Å². The molecule has 3 aromatic rings. The Hall–Kier alpha value is -3.04. The molecule has 1 saturated carbocycles. The van der Waals surface area contributed by atoms with Crippen LogP contribution in [0.5, 0.6) is 0 Å². The highest BCUT2D eigenvalue weighted by Crippen LogP contribution is 2.21. The molecule has 0 bridgehead atoms. The number of benzene rings is 2. The first kappa shape index (κ1) is 21.2. The van der Waals surface area contributed by atoms with E-state index in [0.29, 0.717) is 18.7 Å². The van der Waals surface area contributed by atoms with Crippen LogP contribution in [0, 0.1) is 0 Å². The zero-order valence-corrected chi connectivity index (χ0v) is 17.9. The molecule has 1 aromatic heterocycles. The summed E-state index contributed by atoms with van der Waals surface area (Å²) in [6.07, 6.45) is 6.93. The van der Waals surface area contributed by atoms with Gasteiger partial charge in [-0.2, -0.15) is 5.10 Å². The van der Waals surface area contributed by atoms with Crippen molar-refractivity contribution < 1.29 is 13.2 Å². The van der Waals surface area contributed by atoms with E-state index in [2.05, 4.69) is 20.1 Å². The van der Waals surface area contributed by atoms with Gasteiger partial charge in [-0.1, -0.05) is 43.2 Å². The van der Waals surface area contributed by atoms with E-state index in [1.54, 1.807) is 23.1 Å². The molecule has 8 nitrogen and oxygen atoms in total. The van der Waals surface area contributed by atoms with Crippen LogP contribution in [0.2, 0.25) is 0 Å². The van der Waals surface area contributed by atoms with Crippen molar-refractivity contribution in [1.29, 1.82) is 0 Å². The Morgan fingerprint density at radius 3 is 2.61 bits per heavy atom. The lowest BCUT2D eigenvalue weighted by Gasteiger charge is -2.13. The summed E-state index contributed by atoms with van der Waals surface area (Å²) in [6, 6.07) is 14.0. The molecule has 1 aliphatic carbocycles. The van der Waals surface area contributed by atoms with Gasteiger partial charge >= 0.3 is 0 Å². The van der Waals surface area contributed by atoms with Crippen molar-refractivity contribution in [3.05, 3.63) is 77.9 Å². The number of hydrogen-bond acceptors (Lipinski definition) is 5. The predicted octanol–water partition coefficient (Wildman–Crippen LogP) is 2.48. The number of rotatable bonds is 8. The van der Waals surface area contributed by atoms with Gasteiger partial charge in [0.2, 0.25) is 10.0 Å². The zero-order valence-electron chi connectivity index (χ0n) is 17.1. The molecule has 0 saturated heterocycles. The number of sulfonamides is 1. The minimum absolute atomic E-state index is 0.0210. The second-order valence-corrected chi connectivity index (χ2v) is 9.44. The van der Waals surface area contributed by atoms with Crippen molar-refractivity contribution in [2.24, 2.45) is 0 Å². The highest BCUT2D eigenvalue weighted by Gasteiger charge is 2.23. The molecule has 1 fully saturated rings. The predicted molar refractivity (Wildman–Crippen MR) is 116 cm³/mol. The molecule has 1 heterocycles. The van der Waals surface area contributed by atoms with E-state index in [9.17, 15) is 13.2 Å². The number of carbonyl (C=O) groups excluding carboxylic acids is 1. The van der Waals surface area contributed by atoms with E-state index in [0.717, 1.165) is 36.8 Å². The monoisotopic (exact) mass is 439 g/mol. The molecular formula is C22H25N5O3S. The topological polar surface area (TPSA) is 106 Å². The van der Waals surface area contributed by atoms with E-state index >= 15 is 0 Å². The van der Waals surface area contributed by atoms with E-state index < -0.39 is 10.0 Å². The van der Waals surface area contributed by atoms with Gasteiger partial charge in [-0.3, -0.25) is 4.79 Å². The Morgan fingerprint density at radius 2 is 1.84 bits per heavy atom. The van der Waals surface area contributed by atoms with Crippen LogP contribution >= 0.6 is 0 Å². The van der Waals surface area contributed by atoms with Gasteiger partial charge in [-0.15, -0.1) is 0 Å². The normalized spacial score (nSPS) is 14.6. The Kier molecular flexibility index (Phi) is 6.43. The molecule has 4 rings (SSSR count). The molecule has 1 amide bonds. The van der Waals surface area contributed by atoms with Crippen LogP contribution in [0.3, 0.4) is 0 Å². The summed E-state index contributed by atoms with van der Waals surface area (Å²) in [5.74, 6) is -0.320. The molecule has 2 N–H and O–H groups in total. The van der Waals surface area contributed by atoms with Gasteiger partial charge in [-0.05, 0) is 42.2 Å². The second kappa shape index (κ2) is 9.40. The minimum atomic E-state index is -3.64. The third-order valence-electron chi connectivity index (χ3n) is 5.34. The summed E-state index contributed by atoms with van der Waals surface area (Å²) in [4.78, 5) is 16.7. The van der Waals surface area contributed by atoms with Crippen LogP contribution in [0.25, 0.3) is 0 Å². The fourth-order valence-corrected chi connectivity index (χ4v) is 5.11. The lowest BCUT2D eigenvalue weighted by molar-refractivity contribution is 0.0950. The highest BCUT2D eigenvalue weighted by molar-refractivity contribution is 7.89. The summed E-state index contributed by atoms with van der Waals surface area (Å²) >= 11 is 0. The molecule has 0 atom stereocenters. The number of hydrogen-bond donors (Lipinski definition) is 2. The van der Waals surface area contributed by atoms with Gasteiger partial charge in [0, 0.05) is 18.2 Å². The molecule has 1 aliphatic rings. The summed E-state index contributed by atoms with van der Waals surface area (Å²) < 4.78 is 29.8. The third kappa shape index (κ3) is 5.56. The van der Waals surface area contributed by atoms with Gasteiger partial charge in [0.05, 0.1) is 11.4 Å². The number of nitrogens with zero attached hydrogens (tertiary/aromatic N) is 3. The average molecular weight is 440 g/mol. The Labute approximate surface area is 181 Å². The molecule has 0 radical (unpaired) electrons. The minimum Gasteiger partial charge on any atom is -0.348 e. The maximum Gasteiger partial charge on any atom is 0.251 e. The molecule has 0 unspecified atom stereocenters. The smallest absolute Gasteiger partial charge is 0.251 e. The maximum absolute atomic E-state index is 12.7. The van der Waals surface area contributed by atoms with Gasteiger partial charge in [0.15, 0.2) is 0 Å². The van der Waals surface area contributed by atoms with E-state index in [-0.39, 0.29) is 16.8 Å².